The van der Waals surface area contributed by atoms with E-state index in [0.29, 0.717) is 12.8 Å². The molecule has 0 aromatic heterocycles. The standard InChI is InChI=1S/C37H67O13P/c1-3-5-7-9-11-12-13-14-15-16-17-18-20-21-23-25-30(38)47-27-29(49-31(39)26-24-22-19-10-8-6-4-2)28-48-51(45,46)50-37-35(43)33(41)32(40)34(42)36(37)44/h14-15,17-18,29,32-37,40-44H,3-13,16,19-28H2,1-2H3,(H,45,46)/b15-14+,18-17+/t29-,32?,33-,34?,35?,36?,37?/m0/s1. The zero-order valence-corrected chi connectivity index (χ0v) is 31.8. The first-order chi connectivity index (χ1) is 24.4. The van der Waals surface area contributed by atoms with Crippen molar-refractivity contribution < 1.29 is 63.1 Å². The van der Waals surface area contributed by atoms with Gasteiger partial charge in [0.25, 0.3) is 0 Å². The molecular weight excluding hydrogens is 683 g/mol. The van der Waals surface area contributed by atoms with Gasteiger partial charge in [0.05, 0.1) is 6.61 Å². The Labute approximate surface area is 305 Å². The molecule has 0 saturated heterocycles. The number of rotatable bonds is 30. The van der Waals surface area contributed by atoms with Gasteiger partial charge in [-0.25, -0.2) is 4.57 Å². The summed E-state index contributed by atoms with van der Waals surface area (Å²) in [5.74, 6) is -1.15. The van der Waals surface area contributed by atoms with E-state index in [1.807, 2.05) is 0 Å². The predicted molar refractivity (Wildman–Crippen MR) is 193 cm³/mol. The molecule has 1 aliphatic rings. The Morgan fingerprint density at radius 3 is 1.63 bits per heavy atom. The summed E-state index contributed by atoms with van der Waals surface area (Å²) in [5, 5.41) is 49.8. The molecule has 14 heteroatoms. The smallest absolute Gasteiger partial charge is 0.462 e. The molecule has 0 aromatic carbocycles. The molecule has 298 valence electrons. The van der Waals surface area contributed by atoms with Gasteiger partial charge < -0.3 is 39.9 Å². The number of carbonyl (C=O) groups excluding carboxylic acids is 2. The lowest BCUT2D eigenvalue weighted by atomic mass is 9.85. The van der Waals surface area contributed by atoms with Gasteiger partial charge in [0.2, 0.25) is 0 Å². The Balaban J connectivity index is 2.53. The topological polar surface area (TPSA) is 210 Å². The highest BCUT2D eigenvalue weighted by molar-refractivity contribution is 7.47. The highest BCUT2D eigenvalue weighted by Crippen LogP contribution is 2.47. The summed E-state index contributed by atoms with van der Waals surface area (Å²) in [6, 6.07) is 0. The number of ether oxygens (including phenoxy) is 2. The van der Waals surface area contributed by atoms with Crippen LogP contribution in [0.2, 0.25) is 0 Å². The number of aliphatic hydroxyl groups excluding tert-OH is 5. The highest BCUT2D eigenvalue weighted by atomic mass is 31.2. The molecule has 0 bridgehead atoms. The summed E-state index contributed by atoms with van der Waals surface area (Å²) >= 11 is 0. The van der Waals surface area contributed by atoms with E-state index in [9.17, 15) is 44.6 Å². The van der Waals surface area contributed by atoms with Crippen LogP contribution in [-0.4, -0.2) is 98.3 Å². The number of hydrogen-bond acceptors (Lipinski definition) is 12. The van der Waals surface area contributed by atoms with Crippen molar-refractivity contribution >= 4 is 19.8 Å². The fourth-order valence-electron chi connectivity index (χ4n) is 5.61. The van der Waals surface area contributed by atoms with Crippen LogP contribution in [0.5, 0.6) is 0 Å². The number of aliphatic hydroxyl groups is 5. The fraction of sp³-hybridized carbons (Fsp3) is 0.838. The second-order valence-corrected chi connectivity index (χ2v) is 14.8. The van der Waals surface area contributed by atoms with Crippen LogP contribution >= 0.6 is 7.82 Å². The highest BCUT2D eigenvalue weighted by Gasteiger charge is 2.51. The third-order valence-corrected chi connectivity index (χ3v) is 9.78. The van der Waals surface area contributed by atoms with Crippen LogP contribution in [0.25, 0.3) is 0 Å². The van der Waals surface area contributed by atoms with Gasteiger partial charge in [-0.2, -0.15) is 0 Å². The van der Waals surface area contributed by atoms with Crippen molar-refractivity contribution in [2.45, 2.75) is 185 Å². The molecule has 6 unspecified atom stereocenters. The van der Waals surface area contributed by atoms with Gasteiger partial charge in [-0.1, -0.05) is 109 Å². The number of carbonyl (C=O) groups is 2. The van der Waals surface area contributed by atoms with Crippen molar-refractivity contribution in [3.63, 3.8) is 0 Å². The van der Waals surface area contributed by atoms with Crippen molar-refractivity contribution in [3.8, 4) is 0 Å². The molecule has 0 radical (unpaired) electrons. The molecule has 1 fully saturated rings. The van der Waals surface area contributed by atoms with E-state index in [0.717, 1.165) is 64.2 Å². The van der Waals surface area contributed by atoms with Crippen LogP contribution in [0.1, 0.15) is 142 Å². The molecular formula is C37H67O13P. The van der Waals surface area contributed by atoms with E-state index >= 15 is 0 Å². The van der Waals surface area contributed by atoms with Crippen molar-refractivity contribution in [2.75, 3.05) is 13.2 Å². The first kappa shape index (κ1) is 47.4. The Morgan fingerprint density at radius 1 is 0.608 bits per heavy atom. The minimum Gasteiger partial charge on any atom is -0.462 e. The van der Waals surface area contributed by atoms with Crippen molar-refractivity contribution in [3.05, 3.63) is 24.3 Å². The third kappa shape index (κ3) is 22.2. The third-order valence-electron chi connectivity index (χ3n) is 8.80. The van der Waals surface area contributed by atoms with Crippen molar-refractivity contribution in [1.29, 1.82) is 0 Å². The second kappa shape index (κ2) is 28.8. The molecule has 51 heavy (non-hydrogen) atoms. The van der Waals surface area contributed by atoms with Gasteiger partial charge >= 0.3 is 19.8 Å². The van der Waals surface area contributed by atoms with Crippen molar-refractivity contribution in [2.24, 2.45) is 0 Å². The largest absolute Gasteiger partial charge is 0.472 e. The number of allylic oxidation sites excluding steroid dienone is 4. The number of phosphoric acid groups is 1. The Bertz CT molecular complexity index is 1010. The molecule has 1 aliphatic carbocycles. The normalized spacial score (nSPS) is 24.2. The van der Waals surface area contributed by atoms with Crippen LogP contribution < -0.4 is 0 Å². The van der Waals surface area contributed by atoms with E-state index in [4.69, 9.17) is 18.5 Å². The minimum absolute atomic E-state index is 0.0898. The average Bonchev–Trinajstić information content (AvgIpc) is 3.10. The predicted octanol–water partition coefficient (Wildman–Crippen LogP) is 5.72. The molecule has 8 atom stereocenters. The number of unbranched alkanes of at least 4 members (excludes halogenated alkanes) is 14. The molecule has 6 N–H and O–H groups in total. The molecule has 0 heterocycles. The molecule has 0 aliphatic heterocycles. The molecule has 0 spiro atoms. The summed E-state index contributed by atoms with van der Waals surface area (Å²) in [4.78, 5) is 35.3. The van der Waals surface area contributed by atoms with Gasteiger partial charge in [0.1, 0.15) is 43.2 Å². The van der Waals surface area contributed by atoms with Gasteiger partial charge in [-0.15, -0.1) is 0 Å². The average molecular weight is 751 g/mol. The van der Waals surface area contributed by atoms with E-state index in [-0.39, 0.29) is 12.8 Å². The van der Waals surface area contributed by atoms with Crippen LogP contribution in [-0.2, 0) is 32.7 Å². The molecule has 0 aromatic rings. The minimum atomic E-state index is -5.11. The van der Waals surface area contributed by atoms with Crippen LogP contribution in [0, 0.1) is 0 Å². The van der Waals surface area contributed by atoms with Crippen LogP contribution in [0.4, 0.5) is 0 Å². The Morgan fingerprint density at radius 2 is 1.06 bits per heavy atom. The monoisotopic (exact) mass is 750 g/mol. The van der Waals surface area contributed by atoms with E-state index in [2.05, 4.69) is 38.2 Å². The maximum absolute atomic E-state index is 12.7. The number of esters is 2. The first-order valence-electron chi connectivity index (χ1n) is 19.1. The Kier molecular flexibility index (Phi) is 26.7. The van der Waals surface area contributed by atoms with E-state index < -0.39 is 75.7 Å². The van der Waals surface area contributed by atoms with E-state index in [1.54, 1.807) is 0 Å². The Hall–Kier alpha value is -1.67. The maximum Gasteiger partial charge on any atom is 0.472 e. The molecule has 1 saturated carbocycles. The molecule has 0 amide bonds. The lowest BCUT2D eigenvalue weighted by Gasteiger charge is -2.41. The van der Waals surface area contributed by atoms with Gasteiger partial charge in [0.15, 0.2) is 6.10 Å². The van der Waals surface area contributed by atoms with Gasteiger partial charge in [0, 0.05) is 12.8 Å². The van der Waals surface area contributed by atoms with Gasteiger partial charge in [-0.05, 0) is 44.9 Å². The summed E-state index contributed by atoms with van der Waals surface area (Å²) in [5.41, 5.74) is 0. The second-order valence-electron chi connectivity index (χ2n) is 13.4. The van der Waals surface area contributed by atoms with Crippen LogP contribution in [0.15, 0.2) is 24.3 Å². The van der Waals surface area contributed by atoms with Gasteiger partial charge in [-0.3, -0.25) is 18.6 Å². The summed E-state index contributed by atoms with van der Waals surface area (Å²) in [6.45, 7) is 3.16. The zero-order valence-electron chi connectivity index (χ0n) is 30.9. The SMILES string of the molecule is CCCCCCCC/C=C/C/C=C/CCCCC(=O)OC[C@@H](COP(=O)(O)OC1C(O)C(O)C(O)[C@H](O)C1O)OC(=O)CCCCCCCCC. The fourth-order valence-corrected chi connectivity index (χ4v) is 6.58. The summed E-state index contributed by atoms with van der Waals surface area (Å²) < 4.78 is 33.2. The lowest BCUT2D eigenvalue weighted by Crippen LogP contribution is -2.64. The number of phosphoric ester groups is 1. The first-order valence-corrected chi connectivity index (χ1v) is 20.6. The quantitative estimate of drug-likeness (QED) is 0.0225. The summed E-state index contributed by atoms with van der Waals surface area (Å²) in [6.07, 6.45) is 14.4. The molecule has 13 nitrogen and oxygen atoms in total. The van der Waals surface area contributed by atoms with Crippen LogP contribution in [0.3, 0.4) is 0 Å². The lowest BCUT2D eigenvalue weighted by molar-refractivity contribution is -0.220. The number of hydrogen-bond donors (Lipinski definition) is 6. The molecule has 1 rings (SSSR count). The maximum atomic E-state index is 12.7. The van der Waals surface area contributed by atoms with E-state index in [1.165, 1.54) is 38.5 Å². The summed E-state index contributed by atoms with van der Waals surface area (Å²) in [7, 11) is -5.11. The zero-order chi connectivity index (χ0) is 37.9. The van der Waals surface area contributed by atoms with Crippen molar-refractivity contribution in [1.82, 2.24) is 0 Å².